The molecule has 0 aromatic heterocycles. The topological polar surface area (TPSA) is 29.3 Å². The van der Waals surface area contributed by atoms with E-state index in [1.165, 1.54) is 0 Å². The summed E-state index contributed by atoms with van der Waals surface area (Å²) in [4.78, 5) is 1.73. The summed E-state index contributed by atoms with van der Waals surface area (Å²) in [7, 11) is 1.76. The second kappa shape index (κ2) is 7.36. The third-order valence-electron chi connectivity index (χ3n) is 2.91. The van der Waals surface area contributed by atoms with E-state index >= 15 is 0 Å². The first kappa shape index (κ1) is 15.1. The Hall–Kier alpha value is 0.0700. The van der Waals surface area contributed by atoms with Crippen LogP contribution in [0.4, 0.5) is 8.78 Å². The minimum atomic E-state index is -2.22. The maximum atomic E-state index is 12.0. The number of nitrogens with zero attached hydrogens (tertiary/aromatic N) is 1. The van der Waals surface area contributed by atoms with Crippen molar-refractivity contribution in [2.24, 2.45) is 11.7 Å². The van der Waals surface area contributed by atoms with Gasteiger partial charge in [0.1, 0.15) is 0 Å². The average molecular weight is 243 g/mol. The molecule has 0 heterocycles. The lowest BCUT2D eigenvalue weighted by Gasteiger charge is -2.29. The van der Waals surface area contributed by atoms with Gasteiger partial charge in [-0.05, 0) is 38.6 Å². The van der Waals surface area contributed by atoms with E-state index in [1.54, 1.807) is 11.9 Å². The fourth-order valence-electron chi connectivity index (χ4n) is 2.12. The molecule has 1 aliphatic carbocycles. The molecule has 0 atom stereocenters. The van der Waals surface area contributed by atoms with Gasteiger partial charge < -0.3 is 10.6 Å². The smallest absolute Gasteiger partial charge is 0.251 e. The number of halogens is 3. The highest BCUT2D eigenvalue weighted by molar-refractivity contribution is 5.85. The Morgan fingerprint density at radius 2 is 1.80 bits per heavy atom. The summed E-state index contributed by atoms with van der Waals surface area (Å²) < 4.78 is 24.1. The second-order valence-corrected chi connectivity index (χ2v) is 4.39. The zero-order valence-electron chi connectivity index (χ0n) is 9.16. The third-order valence-corrected chi connectivity index (χ3v) is 2.91. The van der Waals surface area contributed by atoms with Gasteiger partial charge in [-0.2, -0.15) is 0 Å². The van der Waals surface area contributed by atoms with Crippen LogP contribution < -0.4 is 5.73 Å². The predicted molar refractivity (Wildman–Crippen MR) is 60.7 cm³/mol. The van der Waals surface area contributed by atoms with Crippen molar-refractivity contribution in [1.29, 1.82) is 0 Å². The lowest BCUT2D eigenvalue weighted by Crippen LogP contribution is -2.34. The normalized spacial score (nSPS) is 26.8. The number of nitrogens with two attached hydrogens (primary N) is 1. The molecule has 0 unspecified atom stereocenters. The van der Waals surface area contributed by atoms with Crippen LogP contribution in [0.2, 0.25) is 0 Å². The molecule has 0 aliphatic heterocycles. The number of alkyl halides is 2. The van der Waals surface area contributed by atoms with E-state index < -0.39 is 6.43 Å². The molecule has 1 fully saturated rings. The standard InChI is InChI=1S/C10H20F2N2.ClH/c1-14(7-10(11)12)6-8-2-4-9(13)5-3-8;/h8-10H,2-7,13H2,1H3;1H. The molecule has 0 spiro atoms. The van der Waals surface area contributed by atoms with Gasteiger partial charge in [0.05, 0.1) is 6.54 Å². The van der Waals surface area contributed by atoms with E-state index in [9.17, 15) is 8.78 Å². The van der Waals surface area contributed by atoms with Gasteiger partial charge in [-0.25, -0.2) is 8.78 Å². The molecule has 5 heteroatoms. The molecule has 0 aromatic carbocycles. The van der Waals surface area contributed by atoms with Crippen molar-refractivity contribution < 1.29 is 8.78 Å². The van der Waals surface area contributed by atoms with Crippen molar-refractivity contribution in [3.63, 3.8) is 0 Å². The van der Waals surface area contributed by atoms with Crippen molar-refractivity contribution >= 4 is 12.4 Å². The van der Waals surface area contributed by atoms with E-state index in [0.29, 0.717) is 12.0 Å². The molecule has 1 saturated carbocycles. The quantitative estimate of drug-likeness (QED) is 0.818. The minimum Gasteiger partial charge on any atom is -0.328 e. The second-order valence-electron chi connectivity index (χ2n) is 4.39. The summed E-state index contributed by atoms with van der Waals surface area (Å²) in [5.41, 5.74) is 5.77. The van der Waals surface area contributed by atoms with Crippen LogP contribution in [-0.4, -0.2) is 37.5 Å². The molecule has 0 aromatic rings. The van der Waals surface area contributed by atoms with Gasteiger partial charge in [0.25, 0.3) is 6.43 Å². The van der Waals surface area contributed by atoms with E-state index in [-0.39, 0.29) is 19.0 Å². The van der Waals surface area contributed by atoms with Crippen LogP contribution in [0.1, 0.15) is 25.7 Å². The van der Waals surface area contributed by atoms with Crippen molar-refractivity contribution in [2.45, 2.75) is 38.2 Å². The molecule has 15 heavy (non-hydrogen) atoms. The third kappa shape index (κ3) is 6.28. The Morgan fingerprint density at radius 3 is 2.27 bits per heavy atom. The molecule has 92 valence electrons. The first-order valence-electron chi connectivity index (χ1n) is 5.30. The number of hydrogen-bond donors (Lipinski definition) is 1. The predicted octanol–water partition coefficient (Wildman–Crippen LogP) is 2.12. The fraction of sp³-hybridized carbons (Fsp3) is 1.00. The monoisotopic (exact) mass is 242 g/mol. The summed E-state index contributed by atoms with van der Waals surface area (Å²) in [5.74, 6) is 0.568. The van der Waals surface area contributed by atoms with E-state index in [0.717, 1.165) is 32.2 Å². The maximum absolute atomic E-state index is 12.0. The summed E-state index contributed by atoms with van der Waals surface area (Å²) in [5, 5.41) is 0. The van der Waals surface area contributed by atoms with Gasteiger partial charge in [-0.15, -0.1) is 12.4 Å². The highest BCUT2D eigenvalue weighted by atomic mass is 35.5. The summed E-state index contributed by atoms with van der Waals surface area (Å²) in [6.07, 6.45) is 2.06. The van der Waals surface area contributed by atoms with Gasteiger partial charge in [0.15, 0.2) is 0 Å². The molecule has 0 bridgehead atoms. The van der Waals surface area contributed by atoms with Crippen molar-refractivity contribution in [2.75, 3.05) is 20.1 Å². The Kier molecular flexibility index (Phi) is 7.40. The number of hydrogen-bond acceptors (Lipinski definition) is 2. The van der Waals surface area contributed by atoms with Crippen molar-refractivity contribution in [3.05, 3.63) is 0 Å². The SMILES string of the molecule is CN(CC(F)F)CC1CCC(N)CC1.Cl. The summed E-state index contributed by atoms with van der Waals surface area (Å²) in [6, 6.07) is 0.339. The molecule has 0 saturated heterocycles. The van der Waals surface area contributed by atoms with E-state index in [4.69, 9.17) is 5.73 Å². The lowest BCUT2D eigenvalue weighted by molar-refractivity contribution is 0.0887. The van der Waals surface area contributed by atoms with Crippen LogP contribution in [0.5, 0.6) is 0 Å². The molecule has 1 rings (SSSR count). The molecule has 0 amide bonds. The number of rotatable bonds is 4. The Morgan fingerprint density at radius 1 is 1.27 bits per heavy atom. The molecular weight excluding hydrogens is 222 g/mol. The zero-order chi connectivity index (χ0) is 10.6. The summed E-state index contributed by atoms with van der Waals surface area (Å²) in [6.45, 7) is 0.680. The van der Waals surface area contributed by atoms with Crippen LogP contribution in [0.15, 0.2) is 0 Å². The van der Waals surface area contributed by atoms with Gasteiger partial charge >= 0.3 is 0 Å². The Balaban J connectivity index is 0.00000196. The largest absolute Gasteiger partial charge is 0.328 e. The zero-order valence-corrected chi connectivity index (χ0v) is 9.98. The van der Waals surface area contributed by atoms with E-state index in [2.05, 4.69) is 0 Å². The van der Waals surface area contributed by atoms with Gasteiger partial charge in [0, 0.05) is 12.6 Å². The highest BCUT2D eigenvalue weighted by Gasteiger charge is 2.20. The Bertz CT molecular complexity index is 162. The fourth-order valence-corrected chi connectivity index (χ4v) is 2.12. The van der Waals surface area contributed by atoms with Crippen molar-refractivity contribution in [3.8, 4) is 0 Å². The molecule has 0 radical (unpaired) electrons. The lowest BCUT2D eigenvalue weighted by atomic mass is 9.86. The van der Waals surface area contributed by atoms with Crippen LogP contribution >= 0.6 is 12.4 Å². The average Bonchev–Trinajstić information content (AvgIpc) is 2.07. The first-order chi connectivity index (χ1) is 6.58. The van der Waals surface area contributed by atoms with Crippen LogP contribution in [-0.2, 0) is 0 Å². The minimum absolute atomic E-state index is 0. The van der Waals surface area contributed by atoms with Crippen LogP contribution in [0.3, 0.4) is 0 Å². The van der Waals surface area contributed by atoms with Gasteiger partial charge in [-0.1, -0.05) is 0 Å². The van der Waals surface area contributed by atoms with Crippen LogP contribution in [0, 0.1) is 5.92 Å². The molecule has 2 nitrogen and oxygen atoms in total. The first-order valence-corrected chi connectivity index (χ1v) is 5.30. The molecular formula is C10H21ClF2N2. The van der Waals surface area contributed by atoms with Crippen molar-refractivity contribution in [1.82, 2.24) is 4.90 Å². The van der Waals surface area contributed by atoms with Gasteiger partial charge in [0.2, 0.25) is 0 Å². The summed E-state index contributed by atoms with van der Waals surface area (Å²) >= 11 is 0. The highest BCUT2D eigenvalue weighted by Crippen LogP contribution is 2.23. The molecule has 2 N–H and O–H groups in total. The van der Waals surface area contributed by atoms with Gasteiger partial charge in [-0.3, -0.25) is 0 Å². The van der Waals surface area contributed by atoms with E-state index in [1.807, 2.05) is 0 Å². The maximum Gasteiger partial charge on any atom is 0.251 e. The van der Waals surface area contributed by atoms with Crippen LogP contribution in [0.25, 0.3) is 0 Å². The Labute approximate surface area is 96.6 Å². The molecule has 1 aliphatic rings.